The summed E-state index contributed by atoms with van der Waals surface area (Å²) in [7, 11) is 0. The van der Waals surface area contributed by atoms with Crippen molar-refractivity contribution in [1.82, 2.24) is 0 Å². The predicted octanol–water partition coefficient (Wildman–Crippen LogP) is 2.32. The Morgan fingerprint density at radius 2 is 1.34 bits per heavy atom. The van der Waals surface area contributed by atoms with E-state index in [0.29, 0.717) is 4.88 Å². The molecule has 6 aromatic rings. The van der Waals surface area contributed by atoms with Crippen LogP contribution in [0.5, 0.6) is 0 Å². The summed E-state index contributed by atoms with van der Waals surface area (Å²) < 4.78 is 3.71. The summed E-state index contributed by atoms with van der Waals surface area (Å²) in [6.45, 7) is 0. The molecule has 0 fully saturated rings. The van der Waals surface area contributed by atoms with Crippen molar-refractivity contribution in [3.8, 4) is 0 Å². The van der Waals surface area contributed by atoms with Gasteiger partial charge in [0.05, 0.1) is 0 Å². The van der Waals surface area contributed by atoms with E-state index in [1.54, 1.807) is 28.7 Å². The molecule has 1 N–H and O–H groups in total. The molecular formula is C25H18Na2O2S3. The van der Waals surface area contributed by atoms with Crippen LogP contribution in [0.25, 0.3) is 30.3 Å². The van der Waals surface area contributed by atoms with Crippen LogP contribution in [0, 0.1) is 5.38 Å². The van der Waals surface area contributed by atoms with Gasteiger partial charge < -0.3 is 6.53 Å². The number of carboxylic acids is 1. The van der Waals surface area contributed by atoms with Crippen molar-refractivity contribution in [2.75, 3.05) is 0 Å². The number of carbonyl (C=O) groups is 1. The van der Waals surface area contributed by atoms with Crippen LogP contribution in [0.4, 0.5) is 0 Å². The van der Waals surface area contributed by atoms with Crippen molar-refractivity contribution in [3.05, 3.63) is 107 Å². The first-order chi connectivity index (χ1) is 14.7. The van der Waals surface area contributed by atoms with Gasteiger partial charge in [-0.3, -0.25) is 11.3 Å². The first kappa shape index (κ1) is 27.3. The molecule has 0 saturated carbocycles. The van der Waals surface area contributed by atoms with Crippen LogP contribution in [0.15, 0.2) is 96.4 Å². The Labute approximate surface area is 244 Å². The smallest absolute Gasteiger partial charge is 1.00 e. The van der Waals surface area contributed by atoms with Crippen LogP contribution in [-0.4, -0.2) is 11.1 Å². The fraction of sp³-hybridized carbons (Fsp3) is 0. The van der Waals surface area contributed by atoms with E-state index in [1.807, 2.05) is 42.5 Å². The van der Waals surface area contributed by atoms with E-state index in [4.69, 9.17) is 5.11 Å². The Morgan fingerprint density at radius 1 is 0.750 bits per heavy atom. The Hall–Kier alpha value is -0.990. The van der Waals surface area contributed by atoms with Crippen LogP contribution in [0.2, 0.25) is 0 Å². The molecule has 0 aliphatic heterocycles. The molecule has 0 aliphatic rings. The molecule has 0 aliphatic carbocycles. The van der Waals surface area contributed by atoms with Crippen molar-refractivity contribution in [2.45, 2.75) is 0 Å². The van der Waals surface area contributed by atoms with Crippen molar-refractivity contribution in [1.29, 1.82) is 0 Å². The van der Waals surface area contributed by atoms with E-state index < -0.39 is 5.97 Å². The number of hydrogen-bond donors (Lipinski definition) is 1. The fourth-order valence-corrected chi connectivity index (χ4v) is 5.24. The molecule has 0 unspecified atom stereocenters. The van der Waals surface area contributed by atoms with Crippen LogP contribution >= 0.6 is 34.0 Å². The molecular weight excluding hydrogens is 474 g/mol. The monoisotopic (exact) mass is 492 g/mol. The molecule has 0 amide bonds. The SMILES string of the molecule is O=C(O)c1cc2ccccc2s1.[H-].[Na+].[Na+].[c-]1cc2ccccc2s1.c1ccc2sccc2c1. The third-order valence-electron chi connectivity index (χ3n) is 4.30. The van der Waals surface area contributed by atoms with Crippen molar-refractivity contribution in [3.63, 3.8) is 0 Å². The number of thiophene rings is 3. The number of rotatable bonds is 1. The number of benzene rings is 3. The number of fused-ring (bicyclic) bond motifs is 3. The summed E-state index contributed by atoms with van der Waals surface area (Å²) in [6.07, 6.45) is 0. The van der Waals surface area contributed by atoms with Gasteiger partial charge in [0, 0.05) is 9.40 Å². The molecule has 2 nitrogen and oxygen atoms in total. The molecule has 6 rings (SSSR count). The second-order valence-corrected chi connectivity index (χ2v) is 9.23. The maximum atomic E-state index is 10.6. The van der Waals surface area contributed by atoms with Crippen molar-refractivity contribution < 1.29 is 70.4 Å². The third-order valence-corrected chi connectivity index (χ3v) is 7.13. The van der Waals surface area contributed by atoms with Gasteiger partial charge in [-0.25, -0.2) is 4.79 Å². The fourth-order valence-electron chi connectivity index (χ4n) is 2.84. The minimum absolute atomic E-state index is 0. The van der Waals surface area contributed by atoms with Crippen molar-refractivity contribution in [2.24, 2.45) is 0 Å². The zero-order valence-electron chi connectivity index (χ0n) is 18.8. The summed E-state index contributed by atoms with van der Waals surface area (Å²) in [5.74, 6) is -0.851. The first-order valence-corrected chi connectivity index (χ1v) is 11.7. The molecule has 0 spiro atoms. The summed E-state index contributed by atoms with van der Waals surface area (Å²) >= 11 is 4.76. The minimum atomic E-state index is -0.851. The minimum Gasteiger partial charge on any atom is -1.00 e. The predicted molar refractivity (Wildman–Crippen MR) is 132 cm³/mol. The van der Waals surface area contributed by atoms with Crippen LogP contribution < -0.4 is 59.1 Å². The maximum absolute atomic E-state index is 10.6. The second-order valence-electron chi connectivity index (χ2n) is 6.31. The largest absolute Gasteiger partial charge is 1.00 e. The zero-order valence-corrected chi connectivity index (χ0v) is 24.3. The molecule has 7 heteroatoms. The molecule has 3 heterocycles. The Kier molecular flexibility index (Phi) is 11.6. The number of hydrogen-bond acceptors (Lipinski definition) is 4. The van der Waals surface area contributed by atoms with E-state index in [-0.39, 0.29) is 60.5 Å². The topological polar surface area (TPSA) is 37.3 Å². The second kappa shape index (κ2) is 13.7. The van der Waals surface area contributed by atoms with E-state index in [9.17, 15) is 4.79 Å². The Bertz CT molecular complexity index is 1250. The third kappa shape index (κ3) is 7.26. The number of carboxylic acid groups (broad SMARTS) is 1. The van der Waals surface area contributed by atoms with E-state index in [1.165, 1.54) is 31.5 Å². The zero-order chi connectivity index (χ0) is 20.8. The van der Waals surface area contributed by atoms with E-state index >= 15 is 0 Å². The molecule has 150 valence electrons. The van der Waals surface area contributed by atoms with E-state index in [2.05, 4.69) is 53.2 Å². The van der Waals surface area contributed by atoms with Gasteiger partial charge in [-0.2, -0.15) is 11.5 Å². The normalized spacial score (nSPS) is 9.62. The van der Waals surface area contributed by atoms with Gasteiger partial charge in [-0.15, -0.1) is 44.9 Å². The molecule has 0 radical (unpaired) electrons. The molecule has 3 aromatic heterocycles. The van der Waals surface area contributed by atoms with Crippen LogP contribution in [-0.2, 0) is 0 Å². The van der Waals surface area contributed by atoms with Gasteiger partial charge in [-0.05, 0) is 40.4 Å². The standard InChI is InChI=1S/C9H6O2S.C8H6S.C8H5S.2Na.H/c10-9(11)8-5-6-3-1-2-4-7(6)12-8;2*1-2-4-8-7(3-1)5-6-9-8;;;/h1-5H,(H,10,11);1-6H;1-5H;;;/q;;-1;2*+1;-1. The van der Waals surface area contributed by atoms with Gasteiger partial charge in [0.1, 0.15) is 4.88 Å². The molecule has 0 saturated heterocycles. The van der Waals surface area contributed by atoms with Gasteiger partial charge in [0.25, 0.3) is 0 Å². The summed E-state index contributed by atoms with van der Waals surface area (Å²) in [5.41, 5.74) is 0. The van der Waals surface area contributed by atoms with Gasteiger partial charge in [-0.1, -0.05) is 48.5 Å². The molecule has 0 atom stereocenters. The number of aromatic carboxylic acids is 1. The van der Waals surface area contributed by atoms with Gasteiger partial charge in [0.15, 0.2) is 0 Å². The summed E-state index contributed by atoms with van der Waals surface area (Å²) in [6, 6.07) is 30.2. The summed E-state index contributed by atoms with van der Waals surface area (Å²) in [4.78, 5) is 11.0. The molecule has 32 heavy (non-hydrogen) atoms. The van der Waals surface area contributed by atoms with Gasteiger partial charge >= 0.3 is 65.1 Å². The maximum Gasteiger partial charge on any atom is 1.00 e. The van der Waals surface area contributed by atoms with Gasteiger partial charge in [0.2, 0.25) is 0 Å². The summed E-state index contributed by atoms with van der Waals surface area (Å²) in [5, 5.41) is 17.5. The van der Waals surface area contributed by atoms with Crippen LogP contribution in [0.3, 0.4) is 0 Å². The first-order valence-electron chi connectivity index (χ1n) is 9.19. The van der Waals surface area contributed by atoms with E-state index in [0.717, 1.165) is 10.1 Å². The molecule has 3 aromatic carbocycles. The van der Waals surface area contributed by atoms with Crippen molar-refractivity contribution >= 4 is 70.2 Å². The van der Waals surface area contributed by atoms with Crippen LogP contribution in [0.1, 0.15) is 11.1 Å². The Balaban J connectivity index is 0.000000240. The Morgan fingerprint density at radius 3 is 1.97 bits per heavy atom. The average molecular weight is 493 g/mol. The molecule has 0 bridgehead atoms. The quantitative estimate of drug-likeness (QED) is 0.283. The average Bonchev–Trinajstić information content (AvgIpc) is 3.53.